The van der Waals surface area contributed by atoms with Crippen molar-refractivity contribution in [2.75, 3.05) is 24.5 Å². The minimum Gasteiger partial charge on any atom is -0.365 e. The summed E-state index contributed by atoms with van der Waals surface area (Å²) in [6.07, 6.45) is 3.29. The molecule has 2 aliphatic rings. The molecule has 0 N–H and O–H groups in total. The lowest BCUT2D eigenvalue weighted by Gasteiger charge is -2.45. The fourth-order valence-electron chi connectivity index (χ4n) is 2.86. The summed E-state index contributed by atoms with van der Waals surface area (Å²) in [7, 11) is 0. The lowest BCUT2D eigenvalue weighted by atomic mass is 9.94. The number of aryl methyl sites for hydroxylation is 1. The van der Waals surface area contributed by atoms with E-state index in [0.717, 1.165) is 32.5 Å². The molecular weight excluding hydrogens is 200 g/mol. The maximum atomic E-state index is 10.8. The predicted octanol–water partition coefficient (Wildman–Crippen LogP) is 1.28. The molecule has 1 saturated heterocycles. The average Bonchev–Trinajstić information content (AvgIpc) is 2.38. The third kappa shape index (κ3) is 1.47. The van der Waals surface area contributed by atoms with E-state index in [4.69, 9.17) is 0 Å². The van der Waals surface area contributed by atoms with Gasteiger partial charge in [0.1, 0.15) is 0 Å². The van der Waals surface area contributed by atoms with E-state index in [-0.39, 0.29) is 0 Å². The summed E-state index contributed by atoms with van der Waals surface area (Å²) < 4.78 is 0. The maximum Gasteiger partial charge on any atom is 0.209 e. The predicted molar refractivity (Wildman–Crippen MR) is 63.5 cm³/mol. The van der Waals surface area contributed by atoms with Gasteiger partial charge in [-0.15, -0.1) is 0 Å². The van der Waals surface area contributed by atoms with Gasteiger partial charge >= 0.3 is 0 Å². The average molecular weight is 216 g/mol. The van der Waals surface area contributed by atoms with Crippen molar-refractivity contribution in [3.8, 4) is 0 Å². The van der Waals surface area contributed by atoms with Gasteiger partial charge in [0.25, 0.3) is 0 Å². The minimum atomic E-state index is 0.522. The van der Waals surface area contributed by atoms with Crippen molar-refractivity contribution in [3.63, 3.8) is 0 Å². The van der Waals surface area contributed by atoms with E-state index in [1.807, 2.05) is 4.90 Å². The summed E-state index contributed by atoms with van der Waals surface area (Å²) >= 11 is 0. The molecule has 0 bridgehead atoms. The van der Waals surface area contributed by atoms with Crippen LogP contribution < -0.4 is 4.90 Å². The maximum absolute atomic E-state index is 10.8. The molecule has 2 aliphatic heterocycles. The summed E-state index contributed by atoms with van der Waals surface area (Å²) in [6, 6.07) is 9.16. The first-order chi connectivity index (χ1) is 7.88. The third-order valence-corrected chi connectivity index (χ3v) is 3.71. The molecule has 1 amide bonds. The highest BCUT2D eigenvalue weighted by atomic mass is 16.1. The van der Waals surface area contributed by atoms with Crippen LogP contribution in [-0.2, 0) is 11.2 Å². The van der Waals surface area contributed by atoms with Gasteiger partial charge in [0, 0.05) is 31.4 Å². The Morgan fingerprint density at radius 3 is 3.00 bits per heavy atom. The highest BCUT2D eigenvalue weighted by molar-refractivity contribution is 5.58. The molecule has 3 heteroatoms. The molecule has 0 aliphatic carbocycles. The van der Waals surface area contributed by atoms with Crippen LogP contribution in [0.4, 0.5) is 5.69 Å². The molecule has 1 aromatic carbocycles. The summed E-state index contributed by atoms with van der Waals surface area (Å²) in [6.45, 7) is 2.71. The van der Waals surface area contributed by atoms with Crippen LogP contribution >= 0.6 is 0 Å². The second-order valence-electron chi connectivity index (χ2n) is 4.61. The SMILES string of the molecule is O=CN1CCN2c3ccccc3CC[C@@H]2C1. The quantitative estimate of drug-likeness (QED) is 0.660. The van der Waals surface area contributed by atoms with E-state index < -0.39 is 0 Å². The summed E-state index contributed by atoms with van der Waals surface area (Å²) in [5.74, 6) is 0. The Balaban J connectivity index is 1.89. The number of piperazine rings is 1. The Morgan fingerprint density at radius 1 is 1.25 bits per heavy atom. The number of carbonyl (C=O) groups excluding carboxylic acids is 1. The van der Waals surface area contributed by atoms with Gasteiger partial charge < -0.3 is 9.80 Å². The second kappa shape index (κ2) is 3.81. The molecule has 1 aromatic rings. The zero-order valence-electron chi connectivity index (χ0n) is 9.30. The Hall–Kier alpha value is -1.51. The van der Waals surface area contributed by atoms with E-state index in [9.17, 15) is 4.79 Å². The van der Waals surface area contributed by atoms with Gasteiger partial charge in [-0.3, -0.25) is 4.79 Å². The number of benzene rings is 1. The van der Waals surface area contributed by atoms with Crippen LogP contribution in [0, 0.1) is 0 Å². The fraction of sp³-hybridized carbons (Fsp3) is 0.462. The summed E-state index contributed by atoms with van der Waals surface area (Å²) in [4.78, 5) is 15.2. The smallest absolute Gasteiger partial charge is 0.209 e. The molecule has 3 rings (SSSR count). The topological polar surface area (TPSA) is 23.6 Å². The lowest BCUT2D eigenvalue weighted by molar-refractivity contribution is -0.118. The standard InChI is InChI=1S/C13H16N2O/c16-10-14-7-8-15-12(9-14)6-5-11-3-1-2-4-13(11)15/h1-4,10,12H,5-9H2/t12-/m1/s1. The number of carbonyl (C=O) groups is 1. The van der Waals surface area contributed by atoms with Gasteiger partial charge in [0.05, 0.1) is 0 Å². The minimum absolute atomic E-state index is 0.522. The molecule has 0 saturated carbocycles. The number of anilines is 1. The Labute approximate surface area is 95.7 Å². The molecular formula is C13H16N2O. The first kappa shape index (κ1) is 9.70. The van der Waals surface area contributed by atoms with E-state index in [1.165, 1.54) is 17.7 Å². The molecule has 16 heavy (non-hydrogen) atoms. The highest BCUT2D eigenvalue weighted by Crippen LogP contribution is 2.31. The molecule has 0 aromatic heterocycles. The zero-order valence-corrected chi connectivity index (χ0v) is 9.30. The van der Waals surface area contributed by atoms with Crippen LogP contribution in [-0.4, -0.2) is 37.0 Å². The molecule has 84 valence electrons. The van der Waals surface area contributed by atoms with Crippen LogP contribution in [0.1, 0.15) is 12.0 Å². The Bertz CT molecular complexity index is 405. The molecule has 0 unspecified atom stereocenters. The second-order valence-corrected chi connectivity index (χ2v) is 4.61. The first-order valence-corrected chi connectivity index (χ1v) is 5.92. The van der Waals surface area contributed by atoms with E-state index >= 15 is 0 Å². The van der Waals surface area contributed by atoms with Gasteiger partial charge in [0.15, 0.2) is 0 Å². The van der Waals surface area contributed by atoms with Crippen LogP contribution in [0.5, 0.6) is 0 Å². The van der Waals surface area contributed by atoms with Crippen molar-refractivity contribution in [1.82, 2.24) is 4.90 Å². The Morgan fingerprint density at radius 2 is 2.12 bits per heavy atom. The Kier molecular flexibility index (Phi) is 2.31. The van der Waals surface area contributed by atoms with Crippen LogP contribution in [0.15, 0.2) is 24.3 Å². The molecule has 1 fully saturated rings. The molecule has 0 spiro atoms. The molecule has 0 radical (unpaired) electrons. The van der Waals surface area contributed by atoms with Crippen LogP contribution in [0.3, 0.4) is 0 Å². The number of para-hydroxylation sites is 1. The normalized spacial score (nSPS) is 23.6. The van der Waals surface area contributed by atoms with E-state index in [2.05, 4.69) is 29.2 Å². The zero-order chi connectivity index (χ0) is 11.0. The molecule has 2 heterocycles. The van der Waals surface area contributed by atoms with Gasteiger partial charge in [0.2, 0.25) is 6.41 Å². The van der Waals surface area contributed by atoms with Gasteiger partial charge in [-0.2, -0.15) is 0 Å². The van der Waals surface area contributed by atoms with Crippen molar-refractivity contribution in [3.05, 3.63) is 29.8 Å². The van der Waals surface area contributed by atoms with Crippen molar-refractivity contribution in [2.45, 2.75) is 18.9 Å². The molecule has 3 nitrogen and oxygen atoms in total. The number of hydrogen-bond donors (Lipinski definition) is 0. The van der Waals surface area contributed by atoms with Crippen molar-refractivity contribution in [1.29, 1.82) is 0 Å². The summed E-state index contributed by atoms with van der Waals surface area (Å²) in [5, 5.41) is 0. The van der Waals surface area contributed by atoms with Gasteiger partial charge in [-0.25, -0.2) is 0 Å². The van der Waals surface area contributed by atoms with Crippen molar-refractivity contribution < 1.29 is 4.79 Å². The largest absolute Gasteiger partial charge is 0.365 e. The number of hydrogen-bond acceptors (Lipinski definition) is 2. The number of rotatable bonds is 1. The van der Waals surface area contributed by atoms with Crippen molar-refractivity contribution >= 4 is 12.1 Å². The summed E-state index contributed by atoms with van der Waals surface area (Å²) in [5.41, 5.74) is 2.84. The van der Waals surface area contributed by atoms with Gasteiger partial charge in [-0.1, -0.05) is 18.2 Å². The number of amides is 1. The monoisotopic (exact) mass is 216 g/mol. The van der Waals surface area contributed by atoms with Crippen LogP contribution in [0.25, 0.3) is 0 Å². The number of fused-ring (bicyclic) bond motifs is 3. The lowest BCUT2D eigenvalue weighted by Crippen LogP contribution is -2.54. The number of nitrogens with zero attached hydrogens (tertiary/aromatic N) is 2. The first-order valence-electron chi connectivity index (χ1n) is 5.92. The highest BCUT2D eigenvalue weighted by Gasteiger charge is 2.30. The van der Waals surface area contributed by atoms with Crippen molar-refractivity contribution in [2.24, 2.45) is 0 Å². The van der Waals surface area contributed by atoms with E-state index in [1.54, 1.807) is 0 Å². The fourth-order valence-corrected chi connectivity index (χ4v) is 2.86. The van der Waals surface area contributed by atoms with E-state index in [0.29, 0.717) is 6.04 Å². The van der Waals surface area contributed by atoms with Crippen LogP contribution in [0.2, 0.25) is 0 Å². The third-order valence-electron chi connectivity index (χ3n) is 3.71. The van der Waals surface area contributed by atoms with Gasteiger partial charge in [-0.05, 0) is 24.5 Å². The molecule has 1 atom stereocenters.